The molecule has 4 heterocycles. The zero-order valence-corrected chi connectivity index (χ0v) is 33.1. The topological polar surface area (TPSA) is 32.2 Å². The Morgan fingerprint density at radius 1 is 0.643 bits per heavy atom. The number of para-hydroxylation sites is 2. The number of benzene rings is 7. The van der Waals surface area contributed by atoms with Crippen LogP contribution in [0.3, 0.4) is 0 Å². The van der Waals surface area contributed by atoms with Crippen molar-refractivity contribution in [1.29, 1.82) is 0 Å². The lowest BCUT2D eigenvalue weighted by atomic mass is 9.57. The quantitative estimate of drug-likeness (QED) is 0.179. The molecule has 1 N–H and O–H groups in total. The maximum absolute atomic E-state index is 6.56. The van der Waals surface area contributed by atoms with Gasteiger partial charge in [0.05, 0.1) is 5.52 Å². The Labute approximate surface area is 330 Å². The summed E-state index contributed by atoms with van der Waals surface area (Å²) in [5.74, 6) is 0. The Balaban J connectivity index is 1.20. The van der Waals surface area contributed by atoms with Gasteiger partial charge in [-0.2, -0.15) is 0 Å². The van der Waals surface area contributed by atoms with E-state index in [9.17, 15) is 0 Å². The molecule has 10 aromatic rings. The molecule has 7 aromatic carbocycles. The van der Waals surface area contributed by atoms with E-state index in [0.717, 1.165) is 33.8 Å². The second kappa shape index (κ2) is 11.2. The molecule has 0 fully saturated rings. The number of hydrogen-bond acceptors (Lipinski definition) is 3. The normalized spacial score (nSPS) is 15.8. The lowest BCUT2D eigenvalue weighted by Gasteiger charge is -2.44. The number of furan rings is 1. The molecule has 56 heavy (non-hydrogen) atoms. The van der Waals surface area contributed by atoms with E-state index in [1.54, 1.807) is 0 Å². The maximum Gasteiger partial charge on any atom is 0.198 e. The van der Waals surface area contributed by atoms with Crippen LogP contribution in [0.2, 0.25) is 0 Å². The largest absolute Gasteiger partial charge is 0.456 e. The van der Waals surface area contributed by atoms with Gasteiger partial charge in [0.2, 0.25) is 0 Å². The summed E-state index contributed by atoms with van der Waals surface area (Å²) in [6, 6.07) is 45.2. The Morgan fingerprint density at radius 3 is 2.20 bits per heavy atom. The van der Waals surface area contributed by atoms with Crippen LogP contribution in [0.25, 0.3) is 75.0 Å². The average Bonchev–Trinajstić information content (AvgIpc) is 3.87. The molecule has 0 unspecified atom stereocenters. The van der Waals surface area contributed by atoms with Gasteiger partial charge in [0, 0.05) is 59.6 Å². The summed E-state index contributed by atoms with van der Waals surface area (Å²) < 4.78 is 7.87. The maximum atomic E-state index is 6.56. The Morgan fingerprint density at radius 2 is 1.36 bits per heavy atom. The second-order valence-corrected chi connectivity index (χ2v) is 18.6. The fraction of sp³-hybridized carbons (Fsp3) is 0.176. The number of aromatic nitrogens is 1. The smallest absolute Gasteiger partial charge is 0.198 e. The van der Waals surface area contributed by atoms with Crippen molar-refractivity contribution >= 4 is 111 Å². The third kappa shape index (κ3) is 4.41. The highest BCUT2D eigenvalue weighted by Gasteiger charge is 2.39. The summed E-state index contributed by atoms with van der Waals surface area (Å²) in [4.78, 5) is 7.75. The van der Waals surface area contributed by atoms with E-state index in [4.69, 9.17) is 4.42 Å². The predicted molar refractivity (Wildman–Crippen MR) is 241 cm³/mol. The summed E-state index contributed by atoms with van der Waals surface area (Å²) >= 11 is 1.84. The molecule has 269 valence electrons. The predicted octanol–water partition coefficient (Wildman–Crippen LogP) is 13.4. The number of hydrogen-bond donors (Lipinski definition) is 1. The monoisotopic (exact) mass is 739 g/mol. The molecule has 5 heteroatoms. The van der Waals surface area contributed by atoms with Gasteiger partial charge in [-0.05, 0) is 100 Å². The van der Waals surface area contributed by atoms with E-state index >= 15 is 0 Å². The van der Waals surface area contributed by atoms with E-state index in [0.29, 0.717) is 0 Å². The van der Waals surface area contributed by atoms with Crippen molar-refractivity contribution < 1.29 is 4.42 Å². The van der Waals surface area contributed by atoms with Gasteiger partial charge in [-0.3, -0.25) is 0 Å². The molecule has 0 saturated heterocycles. The molecule has 0 spiro atoms. The third-order valence-corrected chi connectivity index (χ3v) is 14.3. The van der Waals surface area contributed by atoms with Crippen molar-refractivity contribution in [2.45, 2.75) is 58.3 Å². The van der Waals surface area contributed by atoms with E-state index in [1.807, 2.05) is 11.3 Å². The summed E-state index contributed by atoms with van der Waals surface area (Å²) in [5.41, 5.74) is 15.9. The molecule has 0 atom stereocenters. The number of rotatable bonds is 2. The molecule has 0 amide bonds. The number of H-pyrrole nitrogens is 1. The van der Waals surface area contributed by atoms with Gasteiger partial charge in [0.15, 0.2) is 7.28 Å². The van der Waals surface area contributed by atoms with Crippen molar-refractivity contribution in [1.82, 2.24) is 4.98 Å². The van der Waals surface area contributed by atoms with E-state index in [2.05, 4.69) is 173 Å². The van der Waals surface area contributed by atoms with E-state index in [-0.39, 0.29) is 10.8 Å². The lowest BCUT2D eigenvalue weighted by molar-refractivity contribution is 0.332. The number of anilines is 3. The minimum atomic E-state index is 0.0653. The van der Waals surface area contributed by atoms with Crippen molar-refractivity contribution in [3.8, 4) is 11.1 Å². The number of thiophene rings is 1. The molecule has 3 nitrogen and oxygen atoms in total. The van der Waals surface area contributed by atoms with Gasteiger partial charge in [-0.1, -0.05) is 118 Å². The summed E-state index contributed by atoms with van der Waals surface area (Å²) in [6.45, 7) is 12.0. The summed E-state index contributed by atoms with van der Waals surface area (Å²) in [6.07, 6.45) is 2.35. The molecular weight excluding hydrogens is 699 g/mol. The fourth-order valence-electron chi connectivity index (χ4n) is 10.2. The Hall–Kier alpha value is -5.78. The zero-order valence-electron chi connectivity index (χ0n) is 32.3. The van der Waals surface area contributed by atoms with Crippen LogP contribution in [0.4, 0.5) is 17.1 Å². The van der Waals surface area contributed by atoms with Crippen LogP contribution in [0, 0.1) is 6.92 Å². The Kier molecular flexibility index (Phi) is 6.48. The summed E-state index contributed by atoms with van der Waals surface area (Å²) in [5, 5.41) is 8.65. The van der Waals surface area contributed by atoms with Crippen molar-refractivity contribution in [2.24, 2.45) is 0 Å². The second-order valence-electron chi connectivity index (χ2n) is 17.5. The van der Waals surface area contributed by atoms with Crippen LogP contribution in [0.5, 0.6) is 0 Å². The first kappa shape index (κ1) is 32.5. The number of aromatic amines is 1. The molecule has 1 radical (unpaired) electrons. The van der Waals surface area contributed by atoms with Crippen LogP contribution in [-0.2, 0) is 10.8 Å². The fourth-order valence-corrected chi connectivity index (χ4v) is 11.3. The molecule has 0 saturated carbocycles. The van der Waals surface area contributed by atoms with E-state index < -0.39 is 0 Å². The molecular formula is C51H40BN2OS. The number of nitrogens with one attached hydrogen (secondary N) is 1. The van der Waals surface area contributed by atoms with Gasteiger partial charge in [0.25, 0.3) is 0 Å². The highest BCUT2D eigenvalue weighted by atomic mass is 32.1. The van der Waals surface area contributed by atoms with Crippen LogP contribution < -0.4 is 15.8 Å². The van der Waals surface area contributed by atoms with Gasteiger partial charge in [-0.25, -0.2) is 0 Å². The zero-order chi connectivity index (χ0) is 37.7. The van der Waals surface area contributed by atoms with Crippen LogP contribution >= 0.6 is 11.3 Å². The van der Waals surface area contributed by atoms with Gasteiger partial charge >= 0.3 is 0 Å². The van der Waals surface area contributed by atoms with Crippen molar-refractivity contribution in [2.75, 3.05) is 4.90 Å². The Bertz CT molecular complexity index is 3320. The highest BCUT2D eigenvalue weighted by Crippen LogP contribution is 2.51. The number of fused-ring (bicyclic) bond motifs is 13. The highest BCUT2D eigenvalue weighted by molar-refractivity contribution is 7.25. The first-order valence-corrected chi connectivity index (χ1v) is 20.7. The van der Waals surface area contributed by atoms with Gasteiger partial charge in [-0.15, -0.1) is 11.3 Å². The first-order chi connectivity index (χ1) is 27.1. The molecule has 1 aliphatic carbocycles. The van der Waals surface area contributed by atoms with Crippen LogP contribution in [0.1, 0.15) is 57.2 Å². The first-order valence-electron chi connectivity index (χ1n) is 19.9. The molecule has 0 bridgehead atoms. The van der Waals surface area contributed by atoms with Crippen LogP contribution in [-0.4, -0.2) is 12.3 Å². The van der Waals surface area contributed by atoms with E-state index in [1.165, 1.54) is 98.7 Å². The molecule has 12 rings (SSSR count). The molecule has 1 aliphatic heterocycles. The SMILES string of the molecule is Cc1cc2c(cc1N1c3cc4c(cc3[B]c3c(-c5cccc6c5[nH]c5sc7ccccc7c56)cc5ccccc5c31)oc1ccccc14)C(C)(C)CCC2(C)C. The van der Waals surface area contributed by atoms with Crippen LogP contribution in [0.15, 0.2) is 126 Å². The lowest BCUT2D eigenvalue weighted by Crippen LogP contribution is -2.41. The average molecular weight is 740 g/mol. The number of aryl methyl sites for hydroxylation is 1. The summed E-state index contributed by atoms with van der Waals surface area (Å²) in [7, 11) is 2.43. The van der Waals surface area contributed by atoms with Gasteiger partial charge in [0.1, 0.15) is 16.0 Å². The minimum Gasteiger partial charge on any atom is -0.456 e. The van der Waals surface area contributed by atoms with Crippen molar-refractivity contribution in [3.05, 3.63) is 138 Å². The standard InChI is InChI=1S/C51H40BN2OS/c1-28-23-37-38(51(4,5)22-21-50(37,2)3)26-40(28)54-41-25-35-31-15-8-10-19-42(31)55-43(35)27-39(41)52-46-36(24-29-13-6-7-14-30(29)48(46)54)32-17-12-18-34-45-33-16-9-11-20-44(33)56-49(45)53-47(32)34/h6-20,23-27,53H,21-22H2,1-5H3. The molecule has 3 aromatic heterocycles. The molecule has 2 aliphatic rings. The minimum absolute atomic E-state index is 0.0653. The van der Waals surface area contributed by atoms with Gasteiger partial charge < -0.3 is 14.3 Å². The number of nitrogens with zero attached hydrogens (tertiary/aromatic N) is 1. The van der Waals surface area contributed by atoms with Crippen molar-refractivity contribution in [3.63, 3.8) is 0 Å². The third-order valence-electron chi connectivity index (χ3n) is 13.2.